The number of rotatable bonds is 7. The number of nitro benzene ring substituents is 2. The van der Waals surface area contributed by atoms with Gasteiger partial charge in [-0.25, -0.2) is 0 Å². The third-order valence-corrected chi connectivity index (χ3v) is 4.87. The van der Waals surface area contributed by atoms with Crippen LogP contribution in [0.2, 0.25) is 0 Å². The maximum Gasteiger partial charge on any atom is 0.301 e. The van der Waals surface area contributed by atoms with E-state index < -0.39 is 9.85 Å². The number of anilines is 1. The molecule has 0 fully saturated rings. The van der Waals surface area contributed by atoms with E-state index in [1.807, 2.05) is 0 Å². The molecule has 0 aliphatic heterocycles. The van der Waals surface area contributed by atoms with Crippen molar-refractivity contribution in [1.82, 2.24) is 0 Å². The van der Waals surface area contributed by atoms with E-state index in [1.54, 1.807) is 6.21 Å². The molecule has 0 heterocycles. The van der Waals surface area contributed by atoms with Crippen LogP contribution in [0.1, 0.15) is 52.9 Å². The molecule has 2 rings (SSSR count). The molecule has 1 aromatic rings. The Labute approximate surface area is 152 Å². The Morgan fingerprint density at radius 1 is 1.27 bits per heavy atom. The van der Waals surface area contributed by atoms with Gasteiger partial charge in [-0.15, -0.1) is 0 Å². The number of non-ortho nitro benzene ring substituents is 1. The Balaban J connectivity index is 2.01. The number of allylic oxidation sites excluding steroid dienone is 2. The molecule has 1 aliphatic rings. The number of nitrogens with one attached hydrogen (secondary N) is 1. The van der Waals surface area contributed by atoms with E-state index in [0.717, 1.165) is 25.3 Å². The van der Waals surface area contributed by atoms with Crippen molar-refractivity contribution < 1.29 is 9.85 Å². The molecule has 0 unspecified atom stereocenters. The molecule has 0 saturated carbocycles. The van der Waals surface area contributed by atoms with Crippen molar-refractivity contribution in [2.24, 2.45) is 10.5 Å². The van der Waals surface area contributed by atoms with Crippen LogP contribution < -0.4 is 5.43 Å². The van der Waals surface area contributed by atoms with E-state index in [9.17, 15) is 20.2 Å². The highest BCUT2D eigenvalue weighted by molar-refractivity contribution is 5.67. The van der Waals surface area contributed by atoms with Gasteiger partial charge in [-0.2, -0.15) is 5.10 Å². The molecule has 0 spiro atoms. The smallest absolute Gasteiger partial charge is 0.272 e. The van der Waals surface area contributed by atoms with Gasteiger partial charge in [0.15, 0.2) is 0 Å². The molecule has 0 aromatic heterocycles. The first kappa shape index (κ1) is 19.6. The van der Waals surface area contributed by atoms with Gasteiger partial charge in [0.2, 0.25) is 0 Å². The SMILES string of the molecule is CC1=C(CC/C=N\Nc2ccc([N+](=O)[O-])cc2[N+](=O)[O-])C(C)(C)CCC1. The highest BCUT2D eigenvalue weighted by atomic mass is 16.6. The lowest BCUT2D eigenvalue weighted by molar-refractivity contribution is -0.393. The second-order valence-corrected chi connectivity index (χ2v) is 7.17. The fourth-order valence-corrected chi connectivity index (χ4v) is 3.49. The quantitative estimate of drug-likeness (QED) is 0.310. The van der Waals surface area contributed by atoms with Crippen molar-refractivity contribution >= 4 is 23.3 Å². The lowest BCUT2D eigenvalue weighted by atomic mass is 9.71. The zero-order chi connectivity index (χ0) is 19.3. The van der Waals surface area contributed by atoms with Crippen LogP contribution in [0.25, 0.3) is 0 Å². The average Bonchev–Trinajstić information content (AvgIpc) is 2.56. The van der Waals surface area contributed by atoms with Crippen molar-refractivity contribution in [2.75, 3.05) is 5.43 Å². The summed E-state index contributed by atoms with van der Waals surface area (Å²) in [4.78, 5) is 20.5. The van der Waals surface area contributed by atoms with Crippen LogP contribution in [0.3, 0.4) is 0 Å². The van der Waals surface area contributed by atoms with Crippen molar-refractivity contribution in [3.63, 3.8) is 0 Å². The van der Waals surface area contributed by atoms with Gasteiger partial charge in [-0.3, -0.25) is 25.7 Å². The standard InChI is InChI=1S/C18H24N4O4/c1-13-6-4-10-18(2,3)15(13)7-5-11-19-20-16-9-8-14(21(23)24)12-17(16)22(25)26/h8-9,11-12,20H,4-7,10H2,1-3H3/b19-11-. The maximum atomic E-state index is 11.1. The molecule has 1 N–H and O–H groups in total. The number of benzene rings is 1. The highest BCUT2D eigenvalue weighted by Crippen LogP contribution is 2.42. The lowest BCUT2D eigenvalue weighted by Gasteiger charge is -2.34. The number of hydrazone groups is 1. The molecule has 1 aliphatic carbocycles. The molecule has 0 amide bonds. The van der Waals surface area contributed by atoms with Gasteiger partial charge >= 0.3 is 5.69 Å². The first-order chi connectivity index (χ1) is 12.2. The van der Waals surface area contributed by atoms with Crippen LogP contribution >= 0.6 is 0 Å². The number of hydrogen-bond acceptors (Lipinski definition) is 6. The number of nitro groups is 2. The fourth-order valence-electron chi connectivity index (χ4n) is 3.49. The van der Waals surface area contributed by atoms with E-state index in [-0.39, 0.29) is 22.5 Å². The Hall–Kier alpha value is -2.77. The topological polar surface area (TPSA) is 111 Å². The largest absolute Gasteiger partial charge is 0.301 e. The number of hydrogen-bond donors (Lipinski definition) is 1. The summed E-state index contributed by atoms with van der Waals surface area (Å²) >= 11 is 0. The van der Waals surface area contributed by atoms with Crippen LogP contribution in [0.5, 0.6) is 0 Å². The lowest BCUT2D eigenvalue weighted by Crippen LogP contribution is -2.20. The maximum absolute atomic E-state index is 11.1. The predicted octanol–water partition coefficient (Wildman–Crippen LogP) is 5.21. The van der Waals surface area contributed by atoms with Gasteiger partial charge in [-0.1, -0.05) is 25.0 Å². The normalized spacial score (nSPS) is 16.7. The Morgan fingerprint density at radius 3 is 2.62 bits per heavy atom. The van der Waals surface area contributed by atoms with Crippen LogP contribution in [0.4, 0.5) is 17.1 Å². The van der Waals surface area contributed by atoms with Gasteiger partial charge in [0.1, 0.15) is 5.69 Å². The predicted molar refractivity (Wildman–Crippen MR) is 101 cm³/mol. The van der Waals surface area contributed by atoms with Crippen LogP contribution in [0.15, 0.2) is 34.4 Å². The molecule has 1 aromatic carbocycles. The minimum absolute atomic E-state index is 0.130. The summed E-state index contributed by atoms with van der Waals surface area (Å²) in [6, 6.07) is 3.44. The molecular weight excluding hydrogens is 336 g/mol. The molecule has 0 saturated heterocycles. The van der Waals surface area contributed by atoms with E-state index >= 15 is 0 Å². The Bertz CT molecular complexity index is 768. The molecule has 8 nitrogen and oxygen atoms in total. The Kier molecular flexibility index (Phi) is 6.07. The monoisotopic (exact) mass is 360 g/mol. The summed E-state index contributed by atoms with van der Waals surface area (Å²) in [6.45, 7) is 6.72. The average molecular weight is 360 g/mol. The van der Waals surface area contributed by atoms with Crippen molar-refractivity contribution in [2.45, 2.75) is 52.9 Å². The zero-order valence-corrected chi connectivity index (χ0v) is 15.3. The van der Waals surface area contributed by atoms with Gasteiger partial charge in [-0.05, 0) is 50.5 Å². The summed E-state index contributed by atoms with van der Waals surface area (Å²) in [6.07, 6.45) is 6.88. The second-order valence-electron chi connectivity index (χ2n) is 7.17. The minimum Gasteiger partial charge on any atom is -0.272 e. The number of nitrogens with zero attached hydrogens (tertiary/aromatic N) is 3. The van der Waals surface area contributed by atoms with Gasteiger partial charge < -0.3 is 0 Å². The minimum atomic E-state index is -0.665. The van der Waals surface area contributed by atoms with E-state index in [2.05, 4.69) is 31.3 Å². The first-order valence-corrected chi connectivity index (χ1v) is 8.62. The molecule has 0 atom stereocenters. The molecular formula is C18H24N4O4. The van der Waals surface area contributed by atoms with Gasteiger partial charge in [0.25, 0.3) is 5.69 Å². The highest BCUT2D eigenvalue weighted by Gasteiger charge is 2.27. The fraction of sp³-hybridized carbons (Fsp3) is 0.500. The van der Waals surface area contributed by atoms with E-state index in [4.69, 9.17) is 0 Å². The van der Waals surface area contributed by atoms with Crippen LogP contribution in [-0.4, -0.2) is 16.1 Å². The van der Waals surface area contributed by atoms with Gasteiger partial charge in [0, 0.05) is 12.3 Å². The third kappa shape index (κ3) is 4.65. The molecule has 26 heavy (non-hydrogen) atoms. The first-order valence-electron chi connectivity index (χ1n) is 8.62. The van der Waals surface area contributed by atoms with E-state index in [1.165, 1.54) is 36.1 Å². The van der Waals surface area contributed by atoms with E-state index in [0.29, 0.717) is 0 Å². The summed E-state index contributed by atoms with van der Waals surface area (Å²) in [7, 11) is 0. The molecule has 8 heteroatoms. The third-order valence-electron chi connectivity index (χ3n) is 4.87. The van der Waals surface area contributed by atoms with Crippen molar-refractivity contribution in [1.29, 1.82) is 0 Å². The van der Waals surface area contributed by atoms with Crippen LogP contribution in [-0.2, 0) is 0 Å². The second kappa shape index (κ2) is 8.07. The Morgan fingerprint density at radius 2 is 2.00 bits per heavy atom. The van der Waals surface area contributed by atoms with Crippen molar-refractivity contribution in [3.05, 3.63) is 49.6 Å². The summed E-state index contributed by atoms with van der Waals surface area (Å²) in [5, 5.41) is 25.9. The van der Waals surface area contributed by atoms with Gasteiger partial charge in [0.05, 0.1) is 15.9 Å². The zero-order valence-electron chi connectivity index (χ0n) is 15.3. The summed E-state index contributed by atoms with van der Waals surface area (Å²) < 4.78 is 0. The van der Waals surface area contributed by atoms with Crippen LogP contribution in [0, 0.1) is 25.6 Å². The molecule has 140 valence electrons. The summed E-state index contributed by atoms with van der Waals surface area (Å²) in [5.41, 5.74) is 5.18. The summed E-state index contributed by atoms with van der Waals surface area (Å²) in [5.74, 6) is 0. The molecule has 0 bridgehead atoms. The van der Waals surface area contributed by atoms with Crippen molar-refractivity contribution in [3.8, 4) is 0 Å². The molecule has 0 radical (unpaired) electrons.